The van der Waals surface area contributed by atoms with Crippen molar-refractivity contribution in [3.05, 3.63) is 35.9 Å². The highest BCUT2D eigenvalue weighted by Gasteiger charge is 2.29. The molecule has 0 heterocycles. The number of carboxylic acid groups (broad SMARTS) is 1. The maximum Gasteiger partial charge on any atom is 0.350 e. The fourth-order valence-electron chi connectivity index (χ4n) is 1.48. The van der Waals surface area contributed by atoms with Crippen molar-refractivity contribution in [1.82, 2.24) is 0 Å². The molecule has 16 heavy (non-hydrogen) atoms. The second-order valence-corrected chi connectivity index (χ2v) is 3.92. The first-order chi connectivity index (χ1) is 7.52. The Hall–Kier alpha value is -1.39. The molecular formula is C12H17NO3. The molecule has 0 fully saturated rings. The van der Waals surface area contributed by atoms with Crippen molar-refractivity contribution in [2.24, 2.45) is 5.73 Å². The first-order valence-corrected chi connectivity index (χ1v) is 5.31. The van der Waals surface area contributed by atoms with E-state index in [1.807, 2.05) is 30.3 Å². The van der Waals surface area contributed by atoms with Gasteiger partial charge in [-0.1, -0.05) is 30.3 Å². The van der Waals surface area contributed by atoms with Crippen LogP contribution in [0.15, 0.2) is 30.3 Å². The second kappa shape index (κ2) is 5.63. The van der Waals surface area contributed by atoms with Crippen LogP contribution in [0, 0.1) is 0 Å². The highest BCUT2D eigenvalue weighted by atomic mass is 16.4. The molecule has 4 heteroatoms. The highest BCUT2D eigenvalue weighted by molar-refractivity contribution is 5.75. The van der Waals surface area contributed by atoms with E-state index in [1.165, 1.54) is 5.56 Å². The molecule has 0 bridgehead atoms. The molecule has 0 saturated heterocycles. The number of rotatable bonds is 6. The summed E-state index contributed by atoms with van der Waals surface area (Å²) in [5.74, 6) is -1.37. The molecule has 4 N–H and O–H groups in total. The first kappa shape index (κ1) is 12.7. The minimum atomic E-state index is -2.09. The molecule has 0 aliphatic rings. The van der Waals surface area contributed by atoms with Crippen LogP contribution >= 0.6 is 0 Å². The van der Waals surface area contributed by atoms with Crippen LogP contribution < -0.4 is 5.73 Å². The summed E-state index contributed by atoms with van der Waals surface area (Å²) < 4.78 is 0. The quantitative estimate of drug-likeness (QED) is 0.498. The minimum Gasteiger partial charge on any atom is -0.478 e. The monoisotopic (exact) mass is 223 g/mol. The van der Waals surface area contributed by atoms with Gasteiger partial charge in [-0.15, -0.1) is 0 Å². The largest absolute Gasteiger partial charge is 0.478 e. The number of aliphatic carboxylic acids is 1. The molecule has 1 aromatic carbocycles. The summed E-state index contributed by atoms with van der Waals surface area (Å²) in [6.45, 7) is 0. The van der Waals surface area contributed by atoms with E-state index < -0.39 is 11.7 Å². The summed E-state index contributed by atoms with van der Waals surface area (Å²) in [6, 6.07) is 9.92. The van der Waals surface area contributed by atoms with Crippen molar-refractivity contribution in [2.75, 3.05) is 0 Å². The minimum absolute atomic E-state index is 0.0785. The average Bonchev–Trinajstić information content (AvgIpc) is 2.26. The highest BCUT2D eigenvalue weighted by Crippen LogP contribution is 2.11. The number of carboxylic acids is 1. The van der Waals surface area contributed by atoms with Gasteiger partial charge in [0, 0.05) is 6.42 Å². The normalized spacial score (nSPS) is 14.4. The van der Waals surface area contributed by atoms with E-state index in [9.17, 15) is 9.90 Å². The van der Waals surface area contributed by atoms with Crippen LogP contribution in [0.3, 0.4) is 0 Å². The van der Waals surface area contributed by atoms with E-state index in [2.05, 4.69) is 0 Å². The van der Waals surface area contributed by atoms with Crippen molar-refractivity contribution in [3.8, 4) is 0 Å². The van der Waals surface area contributed by atoms with E-state index >= 15 is 0 Å². The van der Waals surface area contributed by atoms with Crippen molar-refractivity contribution in [2.45, 2.75) is 31.4 Å². The molecule has 0 amide bonds. The fourth-order valence-corrected chi connectivity index (χ4v) is 1.48. The van der Waals surface area contributed by atoms with Gasteiger partial charge in [0.1, 0.15) is 0 Å². The Morgan fingerprint density at radius 3 is 2.44 bits per heavy atom. The van der Waals surface area contributed by atoms with E-state index in [0.717, 1.165) is 12.8 Å². The second-order valence-electron chi connectivity index (χ2n) is 3.92. The average molecular weight is 223 g/mol. The Kier molecular flexibility index (Phi) is 4.46. The summed E-state index contributed by atoms with van der Waals surface area (Å²) in [5.41, 5.74) is 4.32. The van der Waals surface area contributed by atoms with Crippen LogP contribution in [-0.4, -0.2) is 21.9 Å². The van der Waals surface area contributed by atoms with Crippen LogP contribution in [0.4, 0.5) is 0 Å². The lowest BCUT2D eigenvalue weighted by Gasteiger charge is -2.17. The topological polar surface area (TPSA) is 83.5 Å². The lowest BCUT2D eigenvalue weighted by molar-refractivity contribution is -0.158. The molecule has 0 spiro atoms. The van der Waals surface area contributed by atoms with E-state index in [0.29, 0.717) is 6.42 Å². The standard InChI is InChI=1S/C12H17NO3/c13-12(16,11(14)15)9-5-4-8-10-6-2-1-3-7-10/h1-3,6-7,16H,4-5,8-9,13H2,(H,14,15). The van der Waals surface area contributed by atoms with Crippen LogP contribution in [0.1, 0.15) is 24.8 Å². The van der Waals surface area contributed by atoms with E-state index in [1.54, 1.807) is 0 Å². The number of aryl methyl sites for hydroxylation is 1. The molecule has 88 valence electrons. The zero-order chi connectivity index (χ0) is 12.0. The van der Waals surface area contributed by atoms with Gasteiger partial charge in [0.2, 0.25) is 5.72 Å². The maximum atomic E-state index is 10.5. The summed E-state index contributed by atoms with van der Waals surface area (Å²) in [7, 11) is 0. The van der Waals surface area contributed by atoms with Crippen LogP contribution in [-0.2, 0) is 11.2 Å². The molecule has 0 saturated carbocycles. The van der Waals surface area contributed by atoms with Gasteiger partial charge in [-0.05, 0) is 24.8 Å². The number of aliphatic hydroxyl groups is 1. The summed E-state index contributed by atoms with van der Waals surface area (Å²) in [6.07, 6.45) is 2.36. The Morgan fingerprint density at radius 1 is 1.25 bits per heavy atom. The van der Waals surface area contributed by atoms with Crippen molar-refractivity contribution < 1.29 is 15.0 Å². The maximum absolute atomic E-state index is 10.5. The Bertz CT molecular complexity index is 335. The third-order valence-corrected chi connectivity index (χ3v) is 2.49. The van der Waals surface area contributed by atoms with Crippen molar-refractivity contribution in [3.63, 3.8) is 0 Å². The van der Waals surface area contributed by atoms with Gasteiger partial charge in [0.05, 0.1) is 0 Å². The summed E-state index contributed by atoms with van der Waals surface area (Å²) >= 11 is 0. The summed E-state index contributed by atoms with van der Waals surface area (Å²) in [4.78, 5) is 10.5. The van der Waals surface area contributed by atoms with Gasteiger partial charge in [0.15, 0.2) is 0 Å². The van der Waals surface area contributed by atoms with Crippen LogP contribution in [0.5, 0.6) is 0 Å². The molecule has 0 radical (unpaired) electrons. The number of hydrogen-bond acceptors (Lipinski definition) is 3. The lowest BCUT2D eigenvalue weighted by Crippen LogP contribution is -2.47. The van der Waals surface area contributed by atoms with Crippen LogP contribution in [0.2, 0.25) is 0 Å². The zero-order valence-corrected chi connectivity index (χ0v) is 9.10. The fraction of sp³-hybridized carbons (Fsp3) is 0.417. The number of unbranched alkanes of at least 4 members (excludes halogenated alkanes) is 1. The lowest BCUT2D eigenvalue weighted by atomic mass is 10.0. The molecule has 0 aromatic heterocycles. The predicted molar refractivity (Wildman–Crippen MR) is 60.8 cm³/mol. The molecule has 1 unspecified atom stereocenters. The van der Waals surface area contributed by atoms with Gasteiger partial charge in [0.25, 0.3) is 0 Å². The Morgan fingerprint density at radius 2 is 1.88 bits per heavy atom. The number of benzene rings is 1. The summed E-state index contributed by atoms with van der Waals surface area (Å²) in [5, 5.41) is 17.8. The number of nitrogens with two attached hydrogens (primary N) is 1. The smallest absolute Gasteiger partial charge is 0.350 e. The predicted octanol–water partition coefficient (Wildman–Crippen LogP) is 1.13. The van der Waals surface area contributed by atoms with E-state index in [4.69, 9.17) is 10.8 Å². The van der Waals surface area contributed by atoms with Gasteiger partial charge in [-0.3, -0.25) is 5.73 Å². The Balaban J connectivity index is 2.25. The van der Waals surface area contributed by atoms with Gasteiger partial charge >= 0.3 is 5.97 Å². The number of hydrogen-bond donors (Lipinski definition) is 3. The molecule has 0 aliphatic carbocycles. The van der Waals surface area contributed by atoms with Crippen molar-refractivity contribution >= 4 is 5.97 Å². The van der Waals surface area contributed by atoms with Crippen LogP contribution in [0.25, 0.3) is 0 Å². The first-order valence-electron chi connectivity index (χ1n) is 5.31. The molecule has 1 atom stereocenters. The molecule has 1 aromatic rings. The number of carbonyl (C=O) groups is 1. The molecule has 4 nitrogen and oxygen atoms in total. The zero-order valence-electron chi connectivity index (χ0n) is 9.10. The SMILES string of the molecule is NC(O)(CCCCc1ccccc1)C(=O)O. The third-order valence-electron chi connectivity index (χ3n) is 2.49. The molecular weight excluding hydrogens is 206 g/mol. The van der Waals surface area contributed by atoms with Gasteiger partial charge in [-0.25, -0.2) is 4.79 Å². The molecule has 1 rings (SSSR count). The molecule has 0 aliphatic heterocycles. The van der Waals surface area contributed by atoms with Gasteiger partial charge < -0.3 is 10.2 Å². The van der Waals surface area contributed by atoms with E-state index in [-0.39, 0.29) is 6.42 Å². The van der Waals surface area contributed by atoms with Crippen molar-refractivity contribution in [1.29, 1.82) is 0 Å². The Labute approximate surface area is 94.7 Å². The van der Waals surface area contributed by atoms with Gasteiger partial charge in [-0.2, -0.15) is 0 Å². The third kappa shape index (κ3) is 4.00.